The fourth-order valence-corrected chi connectivity index (χ4v) is 4.25. The van der Waals surface area contributed by atoms with Crippen LogP contribution in [0.5, 0.6) is 0 Å². The first-order valence-electron chi connectivity index (χ1n) is 13.3. The summed E-state index contributed by atoms with van der Waals surface area (Å²) in [6.07, 6.45) is 3.29. The van der Waals surface area contributed by atoms with Crippen LogP contribution in [0.15, 0.2) is 66.7 Å². The number of nitrogens with one attached hydrogen (secondary N) is 1. The number of allylic oxidation sites excluding steroid dienone is 1. The molecule has 0 aliphatic rings. The molecule has 0 aromatic heterocycles. The molecule has 0 aliphatic carbocycles. The van der Waals surface area contributed by atoms with Crippen molar-refractivity contribution in [3.8, 4) is 11.1 Å². The molecule has 0 bridgehead atoms. The van der Waals surface area contributed by atoms with Crippen LogP contribution in [0.2, 0.25) is 0 Å². The highest BCUT2D eigenvalue weighted by molar-refractivity contribution is 6.08. The maximum atomic E-state index is 13.4. The van der Waals surface area contributed by atoms with Gasteiger partial charge in [0.2, 0.25) is 0 Å². The van der Waals surface area contributed by atoms with Crippen LogP contribution in [0.3, 0.4) is 0 Å². The Morgan fingerprint density at radius 2 is 1.45 bits per heavy atom. The first-order valence-corrected chi connectivity index (χ1v) is 13.3. The Kier molecular flexibility index (Phi) is 8.66. The molecule has 4 nitrogen and oxygen atoms in total. The summed E-state index contributed by atoms with van der Waals surface area (Å²) in [6.45, 7) is 18.3. The van der Waals surface area contributed by atoms with Gasteiger partial charge in [0.25, 0.3) is 0 Å². The maximum absolute atomic E-state index is 13.4. The third-order valence-electron chi connectivity index (χ3n) is 6.56. The van der Waals surface area contributed by atoms with Crippen molar-refractivity contribution in [1.82, 2.24) is 0 Å². The van der Waals surface area contributed by atoms with Crippen LogP contribution in [0, 0.1) is 5.92 Å². The molecule has 200 valence electrons. The molecule has 0 fully saturated rings. The second-order valence-corrected chi connectivity index (χ2v) is 12.4. The number of benzene rings is 3. The fraction of sp³-hybridized carbons (Fsp3) is 0.353. The van der Waals surface area contributed by atoms with E-state index in [-0.39, 0.29) is 22.2 Å². The zero-order valence-corrected chi connectivity index (χ0v) is 24.0. The fourth-order valence-electron chi connectivity index (χ4n) is 4.25. The number of aromatic carboxylic acids is 1. The third-order valence-corrected chi connectivity index (χ3v) is 6.56. The van der Waals surface area contributed by atoms with Gasteiger partial charge in [0, 0.05) is 23.4 Å². The summed E-state index contributed by atoms with van der Waals surface area (Å²) in [5.41, 5.74) is 6.99. The topological polar surface area (TPSA) is 66.4 Å². The maximum Gasteiger partial charge on any atom is 0.335 e. The normalized spacial score (nSPS) is 12.2. The van der Waals surface area contributed by atoms with E-state index < -0.39 is 5.97 Å². The largest absolute Gasteiger partial charge is 0.478 e. The van der Waals surface area contributed by atoms with Gasteiger partial charge in [-0.1, -0.05) is 97.9 Å². The molecule has 0 spiro atoms. The van der Waals surface area contributed by atoms with Gasteiger partial charge in [0.15, 0.2) is 5.78 Å². The van der Waals surface area contributed by atoms with Crippen LogP contribution >= 0.6 is 0 Å². The highest BCUT2D eigenvalue weighted by atomic mass is 16.4. The van der Waals surface area contributed by atoms with Crippen molar-refractivity contribution in [3.05, 3.63) is 94.6 Å². The van der Waals surface area contributed by atoms with Crippen molar-refractivity contribution in [2.75, 3.05) is 11.9 Å². The van der Waals surface area contributed by atoms with Crippen LogP contribution in [-0.4, -0.2) is 23.4 Å². The van der Waals surface area contributed by atoms with Crippen LogP contribution in [0.25, 0.3) is 17.2 Å². The number of hydrogen-bond donors (Lipinski definition) is 2. The summed E-state index contributed by atoms with van der Waals surface area (Å²) >= 11 is 0. The van der Waals surface area contributed by atoms with E-state index in [1.165, 1.54) is 5.56 Å². The number of carbonyl (C=O) groups excluding carboxylic acids is 1. The zero-order valence-electron chi connectivity index (χ0n) is 24.0. The van der Waals surface area contributed by atoms with Gasteiger partial charge < -0.3 is 10.4 Å². The number of carboxylic acid groups (broad SMARTS) is 1. The summed E-state index contributed by atoms with van der Waals surface area (Å²) in [6, 6.07) is 19.1. The molecule has 3 aromatic carbocycles. The molecule has 38 heavy (non-hydrogen) atoms. The minimum Gasteiger partial charge on any atom is -0.478 e. The van der Waals surface area contributed by atoms with E-state index in [1.54, 1.807) is 36.4 Å². The van der Waals surface area contributed by atoms with Crippen molar-refractivity contribution in [2.24, 2.45) is 5.92 Å². The minimum absolute atomic E-state index is 0.0547. The van der Waals surface area contributed by atoms with Gasteiger partial charge in [-0.25, -0.2) is 4.79 Å². The van der Waals surface area contributed by atoms with Crippen molar-refractivity contribution < 1.29 is 14.7 Å². The molecule has 0 radical (unpaired) electrons. The Hall–Kier alpha value is -3.66. The highest BCUT2D eigenvalue weighted by Gasteiger charge is 2.24. The molecule has 0 atom stereocenters. The minimum atomic E-state index is -0.972. The SMILES string of the molecule is CC(C)CNc1c(-c2ccc(C(C)(C)C)cc2)cc(C(=O)/C=C/c2ccc(C(=O)O)cc2)cc1C(C)(C)C. The van der Waals surface area contributed by atoms with Crippen molar-refractivity contribution in [3.63, 3.8) is 0 Å². The summed E-state index contributed by atoms with van der Waals surface area (Å²) < 4.78 is 0. The predicted octanol–water partition coefficient (Wildman–Crippen LogP) is 8.61. The third kappa shape index (κ3) is 7.22. The molecule has 0 saturated carbocycles. The molecule has 0 saturated heterocycles. The van der Waals surface area contributed by atoms with Crippen molar-refractivity contribution >= 4 is 23.5 Å². The highest BCUT2D eigenvalue weighted by Crippen LogP contribution is 2.39. The number of carbonyl (C=O) groups is 2. The lowest BCUT2D eigenvalue weighted by molar-refractivity contribution is 0.0696. The lowest BCUT2D eigenvalue weighted by Gasteiger charge is -2.28. The predicted molar refractivity (Wildman–Crippen MR) is 159 cm³/mol. The standard InChI is InChI=1S/C34H41NO3/c1-22(2)21-35-31-28(24-14-16-27(17-15-24)33(3,4)5)19-26(20-29(31)34(6,7)8)30(36)18-11-23-9-12-25(13-10-23)32(37)38/h9-20,22,35H,21H2,1-8H3,(H,37,38)/b18-11+. The summed E-state index contributed by atoms with van der Waals surface area (Å²) in [5, 5.41) is 12.8. The van der Waals surface area contributed by atoms with E-state index in [2.05, 4.69) is 85.0 Å². The van der Waals surface area contributed by atoms with Gasteiger partial charge in [-0.05, 0) is 69.3 Å². The van der Waals surface area contributed by atoms with Gasteiger partial charge in [-0.3, -0.25) is 4.79 Å². The molecular formula is C34H41NO3. The Labute approximate surface area is 227 Å². The summed E-state index contributed by atoms with van der Waals surface area (Å²) in [4.78, 5) is 24.5. The molecule has 0 amide bonds. The Morgan fingerprint density at radius 1 is 0.842 bits per heavy atom. The first kappa shape index (κ1) is 28.9. The number of carboxylic acids is 1. The van der Waals surface area contributed by atoms with Crippen molar-refractivity contribution in [1.29, 1.82) is 0 Å². The second kappa shape index (κ2) is 11.4. The molecule has 4 heteroatoms. The number of hydrogen-bond acceptors (Lipinski definition) is 3. The summed E-state index contributed by atoms with van der Waals surface area (Å²) in [7, 11) is 0. The Bertz CT molecular complexity index is 1320. The molecular weight excluding hydrogens is 470 g/mol. The van der Waals surface area contributed by atoms with Gasteiger partial charge in [-0.2, -0.15) is 0 Å². The van der Waals surface area contributed by atoms with E-state index >= 15 is 0 Å². The quantitative estimate of drug-likeness (QED) is 0.235. The van der Waals surface area contributed by atoms with Crippen LogP contribution in [-0.2, 0) is 10.8 Å². The van der Waals surface area contributed by atoms with Crippen LogP contribution in [0.4, 0.5) is 5.69 Å². The average molecular weight is 512 g/mol. The van der Waals surface area contributed by atoms with Crippen LogP contribution < -0.4 is 5.32 Å². The van der Waals surface area contributed by atoms with E-state index in [1.807, 2.05) is 12.1 Å². The van der Waals surface area contributed by atoms with Gasteiger partial charge >= 0.3 is 5.97 Å². The van der Waals surface area contributed by atoms with Crippen LogP contribution in [0.1, 0.15) is 92.8 Å². The molecule has 0 unspecified atom stereocenters. The number of ketones is 1. The molecule has 2 N–H and O–H groups in total. The van der Waals surface area contributed by atoms with Gasteiger partial charge in [0.1, 0.15) is 0 Å². The molecule has 0 aliphatic heterocycles. The van der Waals surface area contributed by atoms with E-state index in [0.717, 1.165) is 34.5 Å². The smallest absolute Gasteiger partial charge is 0.335 e. The van der Waals surface area contributed by atoms with E-state index in [9.17, 15) is 9.59 Å². The van der Waals surface area contributed by atoms with E-state index in [0.29, 0.717) is 11.5 Å². The van der Waals surface area contributed by atoms with Crippen molar-refractivity contribution in [2.45, 2.75) is 66.2 Å². The lowest BCUT2D eigenvalue weighted by atomic mass is 9.81. The summed E-state index contributed by atoms with van der Waals surface area (Å²) in [5.74, 6) is -0.600. The average Bonchev–Trinajstić information content (AvgIpc) is 2.84. The Balaban J connectivity index is 2.11. The van der Waals surface area contributed by atoms with Gasteiger partial charge in [-0.15, -0.1) is 0 Å². The Morgan fingerprint density at radius 3 is 1.95 bits per heavy atom. The lowest BCUT2D eigenvalue weighted by Crippen LogP contribution is -2.19. The first-order chi connectivity index (χ1) is 17.7. The second-order valence-electron chi connectivity index (χ2n) is 12.4. The van der Waals surface area contributed by atoms with E-state index in [4.69, 9.17) is 5.11 Å². The number of rotatable bonds is 8. The zero-order chi connectivity index (χ0) is 28.3. The van der Waals surface area contributed by atoms with Gasteiger partial charge in [0.05, 0.1) is 5.56 Å². The molecule has 0 heterocycles. The molecule has 3 aromatic rings. The monoisotopic (exact) mass is 511 g/mol. The number of anilines is 1. The molecule has 3 rings (SSSR count).